The Kier molecular flexibility index (Phi) is 4.89. The summed E-state index contributed by atoms with van der Waals surface area (Å²) in [5, 5.41) is 13.4. The van der Waals surface area contributed by atoms with E-state index in [2.05, 4.69) is 17.2 Å². The van der Waals surface area contributed by atoms with Gasteiger partial charge < -0.3 is 10.1 Å². The number of hydrogen-bond donors (Lipinski definition) is 1. The van der Waals surface area contributed by atoms with E-state index in [0.29, 0.717) is 0 Å². The van der Waals surface area contributed by atoms with Crippen LogP contribution in [0.15, 0.2) is 18.2 Å². The molecule has 2 rings (SSSR count). The molecule has 122 valence electrons. The lowest BCUT2D eigenvalue weighted by atomic mass is 10.0. The SMILES string of the molecule is CC(C)(C)OC(=O)NCC#CC1CCc2ccc([N+](=O)[O-])cc21. The van der Waals surface area contributed by atoms with E-state index in [0.717, 1.165) is 24.0 Å². The molecule has 1 N–H and O–H groups in total. The van der Waals surface area contributed by atoms with Gasteiger partial charge in [-0.15, -0.1) is 0 Å². The van der Waals surface area contributed by atoms with Gasteiger partial charge in [0.15, 0.2) is 0 Å². The highest BCUT2D eigenvalue weighted by molar-refractivity contribution is 5.68. The molecule has 6 nitrogen and oxygen atoms in total. The number of alkyl carbamates (subject to hydrolysis) is 1. The topological polar surface area (TPSA) is 81.5 Å². The van der Waals surface area contributed by atoms with Crippen LogP contribution >= 0.6 is 0 Å². The lowest BCUT2D eigenvalue weighted by molar-refractivity contribution is -0.384. The molecule has 23 heavy (non-hydrogen) atoms. The first-order valence-electron chi connectivity index (χ1n) is 7.49. The van der Waals surface area contributed by atoms with Gasteiger partial charge in [-0.05, 0) is 44.7 Å². The van der Waals surface area contributed by atoms with Crippen molar-refractivity contribution >= 4 is 11.8 Å². The number of nitrogens with zero attached hydrogens (tertiary/aromatic N) is 1. The molecule has 1 aromatic carbocycles. The van der Waals surface area contributed by atoms with E-state index in [9.17, 15) is 14.9 Å². The summed E-state index contributed by atoms with van der Waals surface area (Å²) in [7, 11) is 0. The number of nitro benzene ring substituents is 1. The minimum Gasteiger partial charge on any atom is -0.444 e. The molecule has 0 radical (unpaired) electrons. The van der Waals surface area contributed by atoms with Crippen molar-refractivity contribution in [2.75, 3.05) is 6.54 Å². The van der Waals surface area contributed by atoms with Crippen molar-refractivity contribution in [3.8, 4) is 11.8 Å². The molecule has 6 heteroatoms. The molecule has 0 saturated heterocycles. The molecule has 1 atom stereocenters. The number of aryl methyl sites for hydroxylation is 1. The van der Waals surface area contributed by atoms with Crippen LogP contribution in [0.1, 0.15) is 44.2 Å². The molecule has 0 fully saturated rings. The highest BCUT2D eigenvalue weighted by Crippen LogP contribution is 2.34. The Hall–Kier alpha value is -2.55. The predicted octanol–water partition coefficient (Wildman–Crippen LogP) is 3.15. The molecular formula is C17H20N2O4. The summed E-state index contributed by atoms with van der Waals surface area (Å²) in [4.78, 5) is 22.0. The summed E-state index contributed by atoms with van der Waals surface area (Å²) in [6, 6.07) is 4.93. The van der Waals surface area contributed by atoms with Crippen molar-refractivity contribution in [1.82, 2.24) is 5.32 Å². The zero-order valence-electron chi connectivity index (χ0n) is 13.5. The van der Waals surface area contributed by atoms with Gasteiger partial charge in [-0.25, -0.2) is 4.79 Å². The molecule has 1 aromatic rings. The quantitative estimate of drug-likeness (QED) is 0.516. The fraction of sp³-hybridized carbons (Fsp3) is 0.471. The Morgan fingerprint density at radius 2 is 2.22 bits per heavy atom. The van der Waals surface area contributed by atoms with Gasteiger partial charge in [0, 0.05) is 18.1 Å². The van der Waals surface area contributed by atoms with Crippen molar-refractivity contribution in [2.24, 2.45) is 0 Å². The number of carbonyl (C=O) groups is 1. The minimum absolute atomic E-state index is 0.0228. The van der Waals surface area contributed by atoms with E-state index in [1.165, 1.54) is 6.07 Å². The van der Waals surface area contributed by atoms with E-state index in [1.54, 1.807) is 32.9 Å². The van der Waals surface area contributed by atoms with Gasteiger partial charge in [0.1, 0.15) is 5.60 Å². The van der Waals surface area contributed by atoms with E-state index < -0.39 is 16.6 Å². The summed E-state index contributed by atoms with van der Waals surface area (Å²) in [6.45, 7) is 5.57. The third-order valence-corrected chi connectivity index (χ3v) is 3.41. The zero-order chi connectivity index (χ0) is 17.0. The Morgan fingerprint density at radius 3 is 2.87 bits per heavy atom. The fourth-order valence-electron chi connectivity index (χ4n) is 2.46. The number of benzene rings is 1. The number of rotatable bonds is 2. The maximum Gasteiger partial charge on any atom is 0.408 e. The van der Waals surface area contributed by atoms with Crippen molar-refractivity contribution in [1.29, 1.82) is 0 Å². The number of nitro groups is 1. The van der Waals surface area contributed by atoms with Crippen LogP contribution in [0.4, 0.5) is 10.5 Å². The Morgan fingerprint density at radius 1 is 1.48 bits per heavy atom. The van der Waals surface area contributed by atoms with Gasteiger partial charge in [-0.3, -0.25) is 10.1 Å². The fourth-order valence-corrected chi connectivity index (χ4v) is 2.46. The molecule has 0 aromatic heterocycles. The normalized spacial score (nSPS) is 16.0. The van der Waals surface area contributed by atoms with Crippen molar-refractivity contribution < 1.29 is 14.5 Å². The molecule has 0 heterocycles. The van der Waals surface area contributed by atoms with Crippen LogP contribution in [-0.4, -0.2) is 23.2 Å². The zero-order valence-corrected chi connectivity index (χ0v) is 13.5. The Balaban J connectivity index is 1.96. The monoisotopic (exact) mass is 316 g/mol. The van der Waals surface area contributed by atoms with Gasteiger partial charge in [-0.2, -0.15) is 0 Å². The van der Waals surface area contributed by atoms with Crippen molar-refractivity contribution in [3.63, 3.8) is 0 Å². The van der Waals surface area contributed by atoms with Crippen LogP contribution in [-0.2, 0) is 11.2 Å². The standard InChI is InChI=1S/C17H20N2O4/c1-17(2,3)23-16(20)18-10-4-5-12-6-7-13-8-9-14(19(21)22)11-15(12)13/h8-9,11-12H,6-7,10H2,1-3H3,(H,18,20). The van der Waals surface area contributed by atoms with Crippen LogP contribution < -0.4 is 5.32 Å². The summed E-state index contributed by atoms with van der Waals surface area (Å²) in [5.74, 6) is 5.96. The molecule has 1 amide bonds. The largest absolute Gasteiger partial charge is 0.444 e. The van der Waals surface area contributed by atoms with Gasteiger partial charge in [0.25, 0.3) is 5.69 Å². The molecule has 1 unspecified atom stereocenters. The van der Waals surface area contributed by atoms with Crippen LogP contribution in [0.3, 0.4) is 0 Å². The maximum absolute atomic E-state index is 11.5. The summed E-state index contributed by atoms with van der Waals surface area (Å²) in [6.07, 6.45) is 1.21. The molecular weight excluding hydrogens is 296 g/mol. The van der Waals surface area contributed by atoms with Crippen LogP contribution in [0, 0.1) is 22.0 Å². The first kappa shape index (κ1) is 16.8. The molecule has 0 bridgehead atoms. The number of fused-ring (bicyclic) bond motifs is 1. The Bertz CT molecular complexity index is 680. The van der Waals surface area contributed by atoms with Gasteiger partial charge in [0.05, 0.1) is 11.5 Å². The van der Waals surface area contributed by atoms with Crippen LogP contribution in [0.25, 0.3) is 0 Å². The number of amides is 1. The third-order valence-electron chi connectivity index (χ3n) is 3.41. The van der Waals surface area contributed by atoms with E-state index >= 15 is 0 Å². The molecule has 0 aliphatic heterocycles. The molecule has 0 saturated carbocycles. The number of ether oxygens (including phenoxy) is 1. The molecule has 1 aliphatic carbocycles. The van der Waals surface area contributed by atoms with Gasteiger partial charge in [0.2, 0.25) is 0 Å². The van der Waals surface area contributed by atoms with E-state index in [1.807, 2.05) is 0 Å². The first-order chi connectivity index (χ1) is 10.8. The van der Waals surface area contributed by atoms with Crippen LogP contribution in [0.2, 0.25) is 0 Å². The summed E-state index contributed by atoms with van der Waals surface area (Å²) >= 11 is 0. The second-order valence-electron chi connectivity index (χ2n) is 6.41. The second-order valence-corrected chi connectivity index (χ2v) is 6.41. The number of nitrogens with one attached hydrogen (secondary N) is 1. The van der Waals surface area contributed by atoms with E-state index in [-0.39, 0.29) is 18.2 Å². The van der Waals surface area contributed by atoms with Crippen LogP contribution in [0.5, 0.6) is 0 Å². The average molecular weight is 316 g/mol. The smallest absolute Gasteiger partial charge is 0.408 e. The highest BCUT2D eigenvalue weighted by Gasteiger charge is 2.23. The third kappa shape index (κ3) is 4.71. The summed E-state index contributed by atoms with van der Waals surface area (Å²) in [5.41, 5.74) is 1.57. The van der Waals surface area contributed by atoms with Crippen molar-refractivity contribution in [2.45, 2.75) is 45.1 Å². The van der Waals surface area contributed by atoms with E-state index in [4.69, 9.17) is 4.74 Å². The lowest BCUT2D eigenvalue weighted by Gasteiger charge is -2.19. The lowest BCUT2D eigenvalue weighted by Crippen LogP contribution is -2.32. The Labute approximate surface area is 135 Å². The average Bonchev–Trinajstić information content (AvgIpc) is 2.84. The predicted molar refractivity (Wildman–Crippen MR) is 86.2 cm³/mol. The minimum atomic E-state index is -0.541. The molecule has 0 spiro atoms. The first-order valence-corrected chi connectivity index (χ1v) is 7.49. The second kappa shape index (κ2) is 6.69. The number of carbonyl (C=O) groups excluding carboxylic acids is 1. The van der Waals surface area contributed by atoms with Gasteiger partial charge in [-0.1, -0.05) is 17.9 Å². The maximum atomic E-state index is 11.5. The molecule has 1 aliphatic rings. The van der Waals surface area contributed by atoms with Crippen molar-refractivity contribution in [3.05, 3.63) is 39.4 Å². The number of hydrogen-bond acceptors (Lipinski definition) is 4. The van der Waals surface area contributed by atoms with Gasteiger partial charge >= 0.3 is 6.09 Å². The summed E-state index contributed by atoms with van der Waals surface area (Å²) < 4.78 is 5.12. The highest BCUT2D eigenvalue weighted by atomic mass is 16.6. The number of non-ortho nitro benzene ring substituents is 1.